The number of aromatic nitrogens is 1. The van der Waals surface area contributed by atoms with E-state index < -0.39 is 0 Å². The van der Waals surface area contributed by atoms with Gasteiger partial charge in [0, 0.05) is 18.5 Å². The lowest BCUT2D eigenvalue weighted by Gasteiger charge is -2.08. The maximum Gasteiger partial charge on any atom is 0.224 e. The van der Waals surface area contributed by atoms with Gasteiger partial charge >= 0.3 is 0 Å². The molecule has 0 unspecified atom stereocenters. The van der Waals surface area contributed by atoms with Crippen molar-refractivity contribution in [1.82, 2.24) is 10.3 Å². The predicted octanol–water partition coefficient (Wildman–Crippen LogP) is 1.89. The van der Waals surface area contributed by atoms with Crippen LogP contribution in [0.1, 0.15) is 17.2 Å². The van der Waals surface area contributed by atoms with E-state index in [0.717, 1.165) is 17.1 Å². The van der Waals surface area contributed by atoms with Crippen molar-refractivity contribution < 1.29 is 13.9 Å². The van der Waals surface area contributed by atoms with Gasteiger partial charge in [0.05, 0.1) is 19.7 Å². The summed E-state index contributed by atoms with van der Waals surface area (Å²) < 4.78 is 10.6. The molecular weight excluding hydrogens is 256 g/mol. The van der Waals surface area contributed by atoms with E-state index in [1.165, 1.54) is 0 Å². The van der Waals surface area contributed by atoms with E-state index in [-0.39, 0.29) is 5.91 Å². The van der Waals surface area contributed by atoms with Crippen LogP contribution in [-0.2, 0) is 17.6 Å². The van der Waals surface area contributed by atoms with E-state index in [9.17, 15) is 4.79 Å². The molecule has 1 heterocycles. The molecule has 0 saturated carbocycles. The second kappa shape index (κ2) is 6.75. The van der Waals surface area contributed by atoms with Crippen molar-refractivity contribution >= 4 is 5.91 Å². The van der Waals surface area contributed by atoms with Crippen molar-refractivity contribution in [1.29, 1.82) is 0 Å². The zero-order valence-electron chi connectivity index (χ0n) is 11.7. The minimum atomic E-state index is -0.0437. The van der Waals surface area contributed by atoms with E-state index in [0.29, 0.717) is 25.3 Å². The number of nitrogens with zero attached hydrogens (tertiary/aromatic N) is 1. The number of carbonyl (C=O) groups excluding carboxylic acids is 1. The third-order valence-electron chi connectivity index (χ3n) is 2.87. The number of aryl methyl sites for hydroxylation is 1. The average molecular weight is 274 g/mol. The van der Waals surface area contributed by atoms with Crippen LogP contribution in [0.25, 0.3) is 0 Å². The Morgan fingerprint density at radius 2 is 2.20 bits per heavy atom. The van der Waals surface area contributed by atoms with Gasteiger partial charge in [-0.2, -0.15) is 0 Å². The number of oxazole rings is 1. The maximum atomic E-state index is 11.9. The zero-order chi connectivity index (χ0) is 14.4. The summed E-state index contributed by atoms with van der Waals surface area (Å²) in [6, 6.07) is 7.50. The van der Waals surface area contributed by atoms with Crippen LogP contribution in [0.2, 0.25) is 0 Å². The molecule has 2 rings (SSSR count). The van der Waals surface area contributed by atoms with Crippen molar-refractivity contribution in [2.75, 3.05) is 13.7 Å². The standard InChI is InChI=1S/C15H18N2O3/c1-11-10-17-15(20-11)7-8-16-14(18)9-12-5-3-4-6-13(12)19-2/h3-6,10H,7-9H2,1-2H3,(H,16,18). The van der Waals surface area contributed by atoms with Crippen LogP contribution in [0.3, 0.4) is 0 Å². The Kier molecular flexibility index (Phi) is 4.76. The van der Waals surface area contributed by atoms with Crippen molar-refractivity contribution in [3.63, 3.8) is 0 Å². The topological polar surface area (TPSA) is 64.4 Å². The molecule has 0 fully saturated rings. The highest BCUT2D eigenvalue weighted by molar-refractivity contribution is 5.79. The first-order chi connectivity index (χ1) is 9.69. The number of carbonyl (C=O) groups is 1. The smallest absolute Gasteiger partial charge is 0.224 e. The Morgan fingerprint density at radius 3 is 2.90 bits per heavy atom. The number of amides is 1. The first-order valence-corrected chi connectivity index (χ1v) is 6.49. The Morgan fingerprint density at radius 1 is 1.40 bits per heavy atom. The number of rotatable bonds is 6. The van der Waals surface area contributed by atoms with Crippen molar-refractivity contribution in [3.05, 3.63) is 47.7 Å². The molecule has 0 spiro atoms. The second-order valence-corrected chi connectivity index (χ2v) is 4.45. The number of hydrogen-bond donors (Lipinski definition) is 1. The first-order valence-electron chi connectivity index (χ1n) is 6.49. The second-order valence-electron chi connectivity index (χ2n) is 4.45. The summed E-state index contributed by atoms with van der Waals surface area (Å²) >= 11 is 0. The lowest BCUT2D eigenvalue weighted by molar-refractivity contribution is -0.120. The van der Waals surface area contributed by atoms with Crippen LogP contribution in [0, 0.1) is 6.92 Å². The van der Waals surface area contributed by atoms with Crippen LogP contribution in [0.4, 0.5) is 0 Å². The Bertz CT molecular complexity index is 578. The highest BCUT2D eigenvalue weighted by atomic mass is 16.5. The summed E-state index contributed by atoms with van der Waals surface area (Å²) in [5, 5.41) is 2.85. The van der Waals surface area contributed by atoms with Gasteiger partial charge in [-0.1, -0.05) is 18.2 Å². The number of ether oxygens (including phenoxy) is 1. The Hall–Kier alpha value is -2.30. The number of hydrogen-bond acceptors (Lipinski definition) is 4. The molecule has 1 amide bonds. The highest BCUT2D eigenvalue weighted by Crippen LogP contribution is 2.17. The van der Waals surface area contributed by atoms with Crippen LogP contribution < -0.4 is 10.1 Å². The van der Waals surface area contributed by atoms with Crippen molar-refractivity contribution in [2.24, 2.45) is 0 Å². The number of benzene rings is 1. The summed E-state index contributed by atoms with van der Waals surface area (Å²) in [4.78, 5) is 15.9. The molecule has 2 aromatic rings. The SMILES string of the molecule is COc1ccccc1CC(=O)NCCc1ncc(C)o1. The van der Waals surface area contributed by atoms with Gasteiger partial charge in [0.2, 0.25) is 5.91 Å². The molecule has 0 aliphatic rings. The lowest BCUT2D eigenvalue weighted by atomic mass is 10.1. The first kappa shape index (κ1) is 14.1. The molecular formula is C15H18N2O3. The van der Waals surface area contributed by atoms with Crippen LogP contribution >= 0.6 is 0 Å². The monoisotopic (exact) mass is 274 g/mol. The predicted molar refractivity (Wildman–Crippen MR) is 74.7 cm³/mol. The quantitative estimate of drug-likeness (QED) is 0.873. The maximum absolute atomic E-state index is 11.9. The lowest BCUT2D eigenvalue weighted by Crippen LogP contribution is -2.27. The minimum Gasteiger partial charge on any atom is -0.496 e. The van der Waals surface area contributed by atoms with Crippen LogP contribution in [0.15, 0.2) is 34.9 Å². The summed E-state index contributed by atoms with van der Waals surface area (Å²) in [6.45, 7) is 2.35. The zero-order valence-corrected chi connectivity index (χ0v) is 11.7. The van der Waals surface area contributed by atoms with Crippen LogP contribution in [-0.4, -0.2) is 24.5 Å². The molecule has 0 aliphatic heterocycles. The third kappa shape index (κ3) is 3.85. The molecule has 5 nitrogen and oxygen atoms in total. The number of nitrogens with one attached hydrogen (secondary N) is 1. The third-order valence-corrected chi connectivity index (χ3v) is 2.87. The van der Waals surface area contributed by atoms with E-state index in [4.69, 9.17) is 9.15 Å². The van der Waals surface area contributed by atoms with E-state index in [1.807, 2.05) is 31.2 Å². The molecule has 0 bridgehead atoms. The van der Waals surface area contributed by atoms with Gasteiger partial charge < -0.3 is 14.5 Å². The van der Waals surface area contributed by atoms with Gasteiger partial charge in [-0.25, -0.2) is 4.98 Å². The van der Waals surface area contributed by atoms with Crippen molar-refractivity contribution in [2.45, 2.75) is 19.8 Å². The van der Waals surface area contributed by atoms with Gasteiger partial charge in [-0.3, -0.25) is 4.79 Å². The van der Waals surface area contributed by atoms with E-state index in [2.05, 4.69) is 10.3 Å². The van der Waals surface area contributed by atoms with E-state index >= 15 is 0 Å². The summed E-state index contributed by atoms with van der Waals surface area (Å²) in [6.07, 6.45) is 2.56. The molecule has 20 heavy (non-hydrogen) atoms. The number of methoxy groups -OCH3 is 1. The van der Waals surface area contributed by atoms with E-state index in [1.54, 1.807) is 13.3 Å². The summed E-state index contributed by atoms with van der Waals surface area (Å²) in [5.41, 5.74) is 0.875. The molecule has 0 atom stereocenters. The number of para-hydroxylation sites is 1. The van der Waals surface area contributed by atoms with Crippen molar-refractivity contribution in [3.8, 4) is 5.75 Å². The Labute approximate surface area is 118 Å². The normalized spacial score (nSPS) is 10.3. The Balaban J connectivity index is 1.80. The average Bonchev–Trinajstić information content (AvgIpc) is 2.85. The fourth-order valence-corrected chi connectivity index (χ4v) is 1.91. The molecule has 0 aliphatic carbocycles. The molecule has 106 valence electrons. The van der Waals surface area contributed by atoms with Gasteiger partial charge in [0.1, 0.15) is 11.5 Å². The summed E-state index contributed by atoms with van der Waals surface area (Å²) in [5.74, 6) is 2.10. The van der Waals surface area contributed by atoms with Gasteiger partial charge in [0.15, 0.2) is 5.89 Å². The fraction of sp³-hybridized carbons (Fsp3) is 0.333. The minimum absolute atomic E-state index is 0.0437. The highest BCUT2D eigenvalue weighted by Gasteiger charge is 2.08. The molecule has 1 aromatic heterocycles. The molecule has 0 radical (unpaired) electrons. The molecule has 1 aromatic carbocycles. The molecule has 0 saturated heterocycles. The van der Waals surface area contributed by atoms with Crippen LogP contribution in [0.5, 0.6) is 5.75 Å². The fourth-order valence-electron chi connectivity index (χ4n) is 1.91. The van der Waals surface area contributed by atoms with Gasteiger partial charge in [-0.15, -0.1) is 0 Å². The molecule has 5 heteroatoms. The van der Waals surface area contributed by atoms with Gasteiger partial charge in [-0.05, 0) is 13.0 Å². The largest absolute Gasteiger partial charge is 0.496 e. The summed E-state index contributed by atoms with van der Waals surface area (Å²) in [7, 11) is 1.60. The molecule has 1 N–H and O–H groups in total. The van der Waals surface area contributed by atoms with Gasteiger partial charge in [0.25, 0.3) is 0 Å².